The van der Waals surface area contributed by atoms with Gasteiger partial charge in [0, 0.05) is 35.0 Å². The van der Waals surface area contributed by atoms with Crippen molar-refractivity contribution in [2.24, 2.45) is 29.1 Å². The summed E-state index contributed by atoms with van der Waals surface area (Å²) in [4.78, 5) is 31.5. The maximum atomic E-state index is 14.2. The number of hydrogen-bond acceptors (Lipinski definition) is 4. The molecule has 0 radical (unpaired) electrons. The summed E-state index contributed by atoms with van der Waals surface area (Å²) in [5, 5.41) is 25.6. The fraction of sp³-hybridized carbons (Fsp3) is 0.438. The summed E-state index contributed by atoms with van der Waals surface area (Å²) in [6.45, 7) is 8.03. The van der Waals surface area contributed by atoms with Crippen LogP contribution in [-0.2, 0) is 16.0 Å². The number of rotatable bonds is 2. The van der Waals surface area contributed by atoms with E-state index in [-0.39, 0.29) is 41.0 Å². The third-order valence-corrected chi connectivity index (χ3v) is 9.03. The van der Waals surface area contributed by atoms with Gasteiger partial charge in [0.1, 0.15) is 17.6 Å². The molecule has 0 saturated carbocycles. The first-order valence-electron chi connectivity index (χ1n) is 13.6. The van der Waals surface area contributed by atoms with E-state index in [0.717, 1.165) is 16.5 Å². The molecular formula is C32H40N2O5. The number of H-pyrrole nitrogens is 1. The van der Waals surface area contributed by atoms with Gasteiger partial charge >= 0.3 is 0 Å². The molecule has 1 aromatic carbocycles. The van der Waals surface area contributed by atoms with Gasteiger partial charge in [-0.3, -0.25) is 9.59 Å². The monoisotopic (exact) mass is 532 g/mol. The second-order valence-corrected chi connectivity index (χ2v) is 11.5. The SMILES string of the molecule is CC1=C[C@@H]2/C=C/C[C@H](C)/C=C(\C)[C@@H](O)[C@@H](O)/C=C/C(=O)[C@]23C(=O)N[C@@H](Cc2c[nH]c4ccccc24)[C@@H]3[C@@H]1C.O. The van der Waals surface area contributed by atoms with Crippen LogP contribution in [0.15, 0.2) is 78.1 Å². The molecular weight excluding hydrogens is 492 g/mol. The van der Waals surface area contributed by atoms with E-state index in [9.17, 15) is 19.8 Å². The second kappa shape index (κ2) is 11.1. The van der Waals surface area contributed by atoms with Gasteiger partial charge in [-0.2, -0.15) is 0 Å². The van der Waals surface area contributed by atoms with E-state index in [1.54, 1.807) is 6.92 Å². The first kappa shape index (κ1) is 28.7. The van der Waals surface area contributed by atoms with Crippen LogP contribution in [0.2, 0.25) is 0 Å². The van der Waals surface area contributed by atoms with Crippen molar-refractivity contribution in [2.75, 3.05) is 0 Å². The minimum Gasteiger partial charge on any atom is -0.412 e. The van der Waals surface area contributed by atoms with Crippen molar-refractivity contribution in [3.8, 4) is 0 Å². The van der Waals surface area contributed by atoms with E-state index in [1.807, 2.05) is 36.5 Å². The van der Waals surface area contributed by atoms with Crippen molar-refractivity contribution in [1.29, 1.82) is 0 Å². The Kier molecular flexibility index (Phi) is 8.17. The average molecular weight is 533 g/mol. The van der Waals surface area contributed by atoms with Gasteiger partial charge in [-0.05, 0) is 67.9 Å². The van der Waals surface area contributed by atoms with Gasteiger partial charge in [-0.25, -0.2) is 0 Å². The van der Waals surface area contributed by atoms with Crippen molar-refractivity contribution in [1.82, 2.24) is 10.3 Å². The maximum absolute atomic E-state index is 14.2. The largest absolute Gasteiger partial charge is 0.412 e. The van der Waals surface area contributed by atoms with Gasteiger partial charge in [0.25, 0.3) is 0 Å². The van der Waals surface area contributed by atoms with Crippen LogP contribution in [0.1, 0.15) is 39.7 Å². The molecule has 3 aliphatic rings. The number of hydrogen-bond donors (Lipinski definition) is 4. The Morgan fingerprint density at radius 2 is 1.77 bits per heavy atom. The Morgan fingerprint density at radius 1 is 1.03 bits per heavy atom. The molecule has 7 heteroatoms. The lowest BCUT2D eigenvalue weighted by Crippen LogP contribution is -2.52. The molecule has 0 unspecified atom stereocenters. The number of ketones is 1. The number of amides is 1. The van der Waals surface area contributed by atoms with Crippen LogP contribution in [0.4, 0.5) is 0 Å². The fourth-order valence-electron chi connectivity index (χ4n) is 6.93. The Bertz CT molecular complexity index is 1370. The molecule has 1 spiro atoms. The lowest BCUT2D eigenvalue weighted by molar-refractivity contribution is -0.142. The van der Waals surface area contributed by atoms with E-state index in [0.29, 0.717) is 18.4 Å². The highest BCUT2D eigenvalue weighted by atomic mass is 16.3. The molecule has 2 heterocycles. The Balaban J connectivity index is 0.00000353. The van der Waals surface area contributed by atoms with Crippen LogP contribution in [0, 0.1) is 29.1 Å². The zero-order valence-electron chi connectivity index (χ0n) is 23.0. The number of para-hydroxylation sites is 1. The molecule has 1 fully saturated rings. The van der Waals surface area contributed by atoms with Gasteiger partial charge in [-0.15, -0.1) is 0 Å². The van der Waals surface area contributed by atoms with Crippen molar-refractivity contribution in [2.45, 2.75) is 58.8 Å². The third kappa shape index (κ3) is 4.84. The molecule has 1 aliphatic heterocycles. The van der Waals surface area contributed by atoms with E-state index in [4.69, 9.17) is 0 Å². The summed E-state index contributed by atoms with van der Waals surface area (Å²) >= 11 is 0. The molecule has 39 heavy (non-hydrogen) atoms. The van der Waals surface area contributed by atoms with Gasteiger partial charge in [0.05, 0.1) is 0 Å². The van der Waals surface area contributed by atoms with Crippen molar-refractivity contribution in [3.63, 3.8) is 0 Å². The van der Waals surface area contributed by atoms with Gasteiger partial charge in [0.2, 0.25) is 5.91 Å². The molecule has 5 rings (SSSR count). The van der Waals surface area contributed by atoms with Crippen LogP contribution in [0.3, 0.4) is 0 Å². The van der Waals surface area contributed by atoms with Crippen molar-refractivity contribution < 1.29 is 25.3 Å². The molecule has 1 amide bonds. The maximum Gasteiger partial charge on any atom is 0.235 e. The summed E-state index contributed by atoms with van der Waals surface area (Å²) in [5.74, 6) is -1.15. The molecule has 6 N–H and O–H groups in total. The molecule has 2 aromatic rings. The van der Waals surface area contributed by atoms with E-state index in [2.05, 4.69) is 49.3 Å². The smallest absolute Gasteiger partial charge is 0.235 e. The molecule has 208 valence electrons. The number of carbonyl (C=O) groups excluding carboxylic acids is 2. The lowest BCUT2D eigenvalue weighted by atomic mass is 9.55. The molecule has 8 atom stereocenters. The average Bonchev–Trinajstić information content (AvgIpc) is 3.43. The zero-order valence-corrected chi connectivity index (χ0v) is 23.0. The highest BCUT2D eigenvalue weighted by Gasteiger charge is 2.64. The Hall–Kier alpha value is -3.26. The van der Waals surface area contributed by atoms with E-state index < -0.39 is 23.5 Å². The van der Waals surface area contributed by atoms with Crippen molar-refractivity contribution >= 4 is 22.6 Å². The minimum absolute atomic E-state index is 0. The summed E-state index contributed by atoms with van der Waals surface area (Å²) in [5.41, 5.74) is 2.65. The lowest BCUT2D eigenvalue weighted by Gasteiger charge is -2.44. The highest BCUT2D eigenvalue weighted by Crippen LogP contribution is 2.54. The second-order valence-electron chi connectivity index (χ2n) is 11.5. The Labute approximate surface area is 229 Å². The van der Waals surface area contributed by atoms with Crippen LogP contribution in [0.5, 0.6) is 0 Å². The summed E-state index contributed by atoms with van der Waals surface area (Å²) in [6, 6.07) is 7.87. The topological polar surface area (TPSA) is 134 Å². The van der Waals surface area contributed by atoms with Crippen LogP contribution < -0.4 is 5.32 Å². The number of aliphatic hydroxyl groups excluding tert-OH is 2. The normalized spacial score (nSPS) is 37.9. The van der Waals surface area contributed by atoms with Gasteiger partial charge in [-0.1, -0.05) is 61.9 Å². The summed E-state index contributed by atoms with van der Waals surface area (Å²) in [6.07, 6.45) is 11.7. The first-order valence-corrected chi connectivity index (χ1v) is 13.6. The number of nitrogens with one attached hydrogen (secondary N) is 2. The molecule has 1 aromatic heterocycles. The minimum atomic E-state index is -1.33. The predicted octanol–water partition coefficient (Wildman–Crippen LogP) is 3.59. The Morgan fingerprint density at radius 3 is 2.54 bits per heavy atom. The predicted molar refractivity (Wildman–Crippen MR) is 153 cm³/mol. The summed E-state index contributed by atoms with van der Waals surface area (Å²) < 4.78 is 0. The van der Waals surface area contributed by atoms with E-state index in [1.165, 1.54) is 17.7 Å². The number of fused-ring (bicyclic) bond motifs is 1. The van der Waals surface area contributed by atoms with Crippen LogP contribution in [0.25, 0.3) is 10.9 Å². The number of aromatic nitrogens is 1. The van der Waals surface area contributed by atoms with Crippen molar-refractivity contribution in [3.05, 3.63) is 83.6 Å². The molecule has 0 bridgehead atoms. The van der Waals surface area contributed by atoms with E-state index >= 15 is 0 Å². The number of aromatic amines is 1. The van der Waals surface area contributed by atoms with Gasteiger partial charge in [0.15, 0.2) is 5.78 Å². The molecule has 2 aliphatic carbocycles. The van der Waals surface area contributed by atoms with Crippen LogP contribution >= 0.6 is 0 Å². The van der Waals surface area contributed by atoms with Crippen LogP contribution in [-0.4, -0.2) is 50.6 Å². The quantitative estimate of drug-likeness (QED) is 0.347. The third-order valence-electron chi connectivity index (χ3n) is 9.03. The number of benzene rings is 1. The van der Waals surface area contributed by atoms with Gasteiger partial charge < -0.3 is 26.0 Å². The summed E-state index contributed by atoms with van der Waals surface area (Å²) in [7, 11) is 0. The molecule has 7 nitrogen and oxygen atoms in total. The number of carbonyl (C=O) groups is 2. The first-order chi connectivity index (χ1) is 18.1. The zero-order chi connectivity index (χ0) is 27.2. The molecule has 1 saturated heterocycles. The fourth-order valence-corrected chi connectivity index (χ4v) is 6.93. The highest BCUT2D eigenvalue weighted by molar-refractivity contribution is 6.13. The number of aliphatic hydroxyl groups is 2. The standard InChI is InChI=1S/C32H38N2O4.H2O/c1-18-8-7-9-23-15-19(2)21(4)29-26(16-22-17-33-25-11-6-5-10-24(22)25)34-31(38)32(23,29)28(36)13-12-27(35)30(37)20(3)14-18;/h5-7,9-15,17-18,21,23,26-27,29-30,33,35,37H,8,16H2,1-4H3,(H,34,38);1H2/b9-7+,13-12+,20-14+;/t18-,21+,23-,26-,27-,29-,30+,32+;/m0./s1. The number of allylic oxidation sites excluding steroid dienone is 6.